The Labute approximate surface area is 184 Å². The highest BCUT2D eigenvalue weighted by atomic mass is 32.2. The summed E-state index contributed by atoms with van der Waals surface area (Å²) in [6.45, 7) is 2.45. The molecule has 1 heterocycles. The summed E-state index contributed by atoms with van der Waals surface area (Å²) >= 11 is 6.39. The summed E-state index contributed by atoms with van der Waals surface area (Å²) < 4.78 is 44.5. The minimum Gasteiger partial charge on any atom is -0.450 e. The zero-order valence-electron chi connectivity index (χ0n) is 16.0. The molecule has 0 radical (unpaired) electrons. The maximum atomic E-state index is 12.9. The van der Waals surface area contributed by atoms with Crippen molar-refractivity contribution in [2.45, 2.75) is 19.5 Å². The zero-order chi connectivity index (χ0) is 22.8. The second kappa shape index (κ2) is 9.06. The lowest BCUT2D eigenvalue weighted by Crippen LogP contribution is -2.28. The Morgan fingerprint density at radius 1 is 1.26 bits per heavy atom. The van der Waals surface area contributed by atoms with Gasteiger partial charge in [-0.15, -0.1) is 0 Å². The zero-order valence-corrected chi connectivity index (χ0v) is 17.6. The Bertz CT molecular complexity index is 1090. The van der Waals surface area contributed by atoms with E-state index >= 15 is 0 Å². The van der Waals surface area contributed by atoms with E-state index < -0.39 is 22.4 Å². The third-order valence-electron chi connectivity index (χ3n) is 4.19. The number of halogens is 3. The van der Waals surface area contributed by atoms with Crippen molar-refractivity contribution in [3.8, 4) is 11.5 Å². The molecule has 11 heteroatoms. The van der Waals surface area contributed by atoms with Crippen LogP contribution in [0.5, 0.6) is 11.5 Å². The molecule has 31 heavy (non-hydrogen) atoms. The molecule has 2 aromatic rings. The van der Waals surface area contributed by atoms with E-state index in [9.17, 15) is 28.1 Å². The SMILES string of the molecule is CCCN1C(=O)/C(=C/c2cccc(Oc3ccc(C(F)(F)F)cc3[N+](=O)[O-])c2)SC1=S. The third-order valence-corrected chi connectivity index (χ3v) is 5.57. The standard InChI is InChI=1S/C20H15F3N2O4S2/c1-2-8-24-18(26)17(31-19(24)30)10-12-4-3-5-14(9-12)29-16-7-6-13(20(21,22)23)11-15(16)25(27)28/h3-7,9-11H,2,8H2,1H3/b17-10-. The maximum Gasteiger partial charge on any atom is 0.416 e. The van der Waals surface area contributed by atoms with Crippen molar-refractivity contribution in [1.29, 1.82) is 0 Å². The summed E-state index contributed by atoms with van der Waals surface area (Å²) in [6.07, 6.45) is -2.34. The van der Waals surface area contributed by atoms with Crippen LogP contribution in [0, 0.1) is 10.1 Å². The summed E-state index contributed by atoms with van der Waals surface area (Å²) in [6, 6.07) is 8.37. The second-order valence-electron chi connectivity index (χ2n) is 6.45. The van der Waals surface area contributed by atoms with Gasteiger partial charge >= 0.3 is 11.9 Å². The van der Waals surface area contributed by atoms with E-state index in [-0.39, 0.29) is 17.4 Å². The van der Waals surface area contributed by atoms with Gasteiger partial charge in [0.2, 0.25) is 5.75 Å². The molecule has 1 fully saturated rings. The number of benzene rings is 2. The summed E-state index contributed by atoms with van der Waals surface area (Å²) in [4.78, 5) is 24.7. The number of nitrogens with zero attached hydrogens (tertiary/aromatic N) is 2. The first kappa shape index (κ1) is 22.8. The van der Waals surface area contributed by atoms with Crippen LogP contribution in [0.4, 0.5) is 18.9 Å². The lowest BCUT2D eigenvalue weighted by atomic mass is 10.1. The summed E-state index contributed by atoms with van der Waals surface area (Å²) in [7, 11) is 0. The fraction of sp³-hybridized carbons (Fsp3) is 0.200. The van der Waals surface area contributed by atoms with Crippen LogP contribution in [-0.2, 0) is 11.0 Å². The van der Waals surface area contributed by atoms with Crippen molar-refractivity contribution in [1.82, 2.24) is 4.90 Å². The first-order valence-corrected chi connectivity index (χ1v) is 10.2. The number of alkyl halides is 3. The average molecular weight is 468 g/mol. The molecule has 1 amide bonds. The van der Waals surface area contributed by atoms with E-state index in [4.69, 9.17) is 17.0 Å². The highest BCUT2D eigenvalue weighted by Crippen LogP contribution is 2.38. The first-order valence-electron chi connectivity index (χ1n) is 8.99. The fourth-order valence-electron chi connectivity index (χ4n) is 2.79. The molecule has 0 atom stereocenters. The molecule has 2 aromatic carbocycles. The van der Waals surface area contributed by atoms with Gasteiger partial charge in [0.15, 0.2) is 0 Å². The monoisotopic (exact) mass is 468 g/mol. The number of amides is 1. The van der Waals surface area contributed by atoms with Crippen LogP contribution in [0.15, 0.2) is 47.4 Å². The lowest BCUT2D eigenvalue weighted by molar-refractivity contribution is -0.385. The van der Waals surface area contributed by atoms with Gasteiger partial charge in [0, 0.05) is 12.6 Å². The number of nitro benzene ring substituents is 1. The Kier molecular flexibility index (Phi) is 6.65. The van der Waals surface area contributed by atoms with E-state index in [0.29, 0.717) is 33.5 Å². The van der Waals surface area contributed by atoms with Gasteiger partial charge in [-0.05, 0) is 42.3 Å². The predicted octanol–water partition coefficient (Wildman–Crippen LogP) is 6.02. The molecule has 0 N–H and O–H groups in total. The van der Waals surface area contributed by atoms with Crippen LogP contribution < -0.4 is 4.74 Å². The van der Waals surface area contributed by atoms with Crippen molar-refractivity contribution < 1.29 is 27.6 Å². The van der Waals surface area contributed by atoms with Gasteiger partial charge in [-0.3, -0.25) is 19.8 Å². The quantitative estimate of drug-likeness (QED) is 0.224. The van der Waals surface area contributed by atoms with E-state index in [1.165, 1.54) is 28.8 Å². The number of nitro groups is 1. The van der Waals surface area contributed by atoms with Crippen LogP contribution >= 0.6 is 24.0 Å². The number of thiocarbonyl (C=S) groups is 1. The Balaban J connectivity index is 1.87. The molecule has 3 rings (SSSR count). The number of hydrogen-bond acceptors (Lipinski definition) is 6. The average Bonchev–Trinajstić information content (AvgIpc) is 2.95. The van der Waals surface area contributed by atoms with Crippen molar-refractivity contribution in [2.24, 2.45) is 0 Å². The van der Waals surface area contributed by atoms with Crippen LogP contribution in [0.3, 0.4) is 0 Å². The van der Waals surface area contributed by atoms with Crippen LogP contribution in [0.25, 0.3) is 6.08 Å². The summed E-state index contributed by atoms with van der Waals surface area (Å²) in [5.74, 6) is -0.369. The fourth-order valence-corrected chi connectivity index (χ4v) is 4.09. The largest absolute Gasteiger partial charge is 0.450 e. The molecule has 0 bridgehead atoms. The van der Waals surface area contributed by atoms with Gasteiger partial charge < -0.3 is 4.74 Å². The van der Waals surface area contributed by atoms with E-state index in [1.807, 2.05) is 6.92 Å². The van der Waals surface area contributed by atoms with E-state index in [0.717, 1.165) is 12.5 Å². The minimum absolute atomic E-state index is 0.167. The van der Waals surface area contributed by atoms with Crippen molar-refractivity contribution in [3.63, 3.8) is 0 Å². The number of rotatable bonds is 6. The van der Waals surface area contributed by atoms with Gasteiger partial charge in [0.25, 0.3) is 5.91 Å². The summed E-state index contributed by atoms with van der Waals surface area (Å²) in [5, 5.41) is 11.2. The minimum atomic E-state index is -4.72. The molecule has 1 aliphatic heterocycles. The Morgan fingerprint density at radius 3 is 2.65 bits per heavy atom. The van der Waals surface area contributed by atoms with Gasteiger partial charge in [-0.2, -0.15) is 13.2 Å². The van der Waals surface area contributed by atoms with Crippen molar-refractivity contribution >= 4 is 46.0 Å². The third kappa shape index (κ3) is 5.23. The Hall–Kier alpha value is -2.92. The molecule has 0 spiro atoms. The smallest absolute Gasteiger partial charge is 0.416 e. The van der Waals surface area contributed by atoms with Gasteiger partial charge in [0.05, 0.1) is 15.4 Å². The number of ether oxygens (including phenoxy) is 1. The van der Waals surface area contributed by atoms with Gasteiger partial charge in [0.1, 0.15) is 10.1 Å². The second-order valence-corrected chi connectivity index (χ2v) is 8.12. The van der Waals surface area contributed by atoms with Crippen LogP contribution in [0.1, 0.15) is 24.5 Å². The number of thioether (sulfide) groups is 1. The molecule has 1 saturated heterocycles. The molecule has 0 aliphatic carbocycles. The van der Waals surface area contributed by atoms with Crippen LogP contribution in [-0.4, -0.2) is 26.6 Å². The molecule has 162 valence electrons. The number of carbonyl (C=O) groups is 1. The van der Waals surface area contributed by atoms with Crippen molar-refractivity contribution in [2.75, 3.05) is 6.54 Å². The first-order chi connectivity index (χ1) is 14.6. The molecule has 0 saturated carbocycles. The van der Waals surface area contributed by atoms with Gasteiger partial charge in [-0.1, -0.05) is 43.0 Å². The van der Waals surface area contributed by atoms with Crippen LogP contribution in [0.2, 0.25) is 0 Å². The normalized spacial score (nSPS) is 15.6. The van der Waals surface area contributed by atoms with Crippen molar-refractivity contribution in [3.05, 3.63) is 68.6 Å². The molecule has 6 nitrogen and oxygen atoms in total. The highest BCUT2D eigenvalue weighted by Gasteiger charge is 2.34. The highest BCUT2D eigenvalue weighted by molar-refractivity contribution is 8.26. The number of carbonyl (C=O) groups excluding carboxylic acids is 1. The lowest BCUT2D eigenvalue weighted by Gasteiger charge is -2.12. The Morgan fingerprint density at radius 2 is 2.00 bits per heavy atom. The van der Waals surface area contributed by atoms with Gasteiger partial charge in [-0.25, -0.2) is 0 Å². The molecule has 0 unspecified atom stereocenters. The predicted molar refractivity (Wildman–Crippen MR) is 115 cm³/mol. The molecule has 1 aliphatic rings. The molecule has 0 aromatic heterocycles. The summed E-state index contributed by atoms with van der Waals surface area (Å²) in [5.41, 5.74) is -1.38. The molecular formula is C20H15F3N2O4S2. The topological polar surface area (TPSA) is 72.7 Å². The molecular weight excluding hydrogens is 453 g/mol. The van der Waals surface area contributed by atoms with E-state index in [1.54, 1.807) is 18.2 Å². The van der Waals surface area contributed by atoms with E-state index in [2.05, 4.69) is 0 Å². The number of hydrogen-bond donors (Lipinski definition) is 0. The maximum absolute atomic E-state index is 12.9.